The Morgan fingerprint density at radius 3 is 2.90 bits per heavy atom. The van der Waals surface area contributed by atoms with E-state index in [1.54, 1.807) is 23.1 Å². The van der Waals surface area contributed by atoms with Crippen molar-refractivity contribution in [2.24, 2.45) is 0 Å². The lowest BCUT2D eigenvalue weighted by Crippen LogP contribution is -2.46. The summed E-state index contributed by atoms with van der Waals surface area (Å²) in [5.74, 6) is -1.04. The van der Waals surface area contributed by atoms with Crippen molar-refractivity contribution in [3.05, 3.63) is 34.3 Å². The second kappa shape index (κ2) is 6.24. The van der Waals surface area contributed by atoms with Gasteiger partial charge in [0.15, 0.2) is 0 Å². The lowest BCUT2D eigenvalue weighted by Gasteiger charge is -2.32. The van der Waals surface area contributed by atoms with Crippen LogP contribution in [0.1, 0.15) is 22.3 Å². The Bertz CT molecular complexity index is 532. The van der Waals surface area contributed by atoms with Crippen molar-refractivity contribution < 1.29 is 19.4 Å². The van der Waals surface area contributed by atoms with Crippen LogP contribution in [0, 0.1) is 6.92 Å². The van der Waals surface area contributed by atoms with Crippen LogP contribution < -0.4 is 0 Å². The van der Waals surface area contributed by atoms with Gasteiger partial charge in [0.25, 0.3) is 5.91 Å². The smallest absolute Gasteiger partial charge is 0.306 e. The van der Waals surface area contributed by atoms with Crippen LogP contribution in [-0.4, -0.2) is 47.7 Å². The minimum Gasteiger partial charge on any atom is -0.481 e. The molecule has 0 radical (unpaired) electrons. The summed E-state index contributed by atoms with van der Waals surface area (Å²) in [5.41, 5.74) is 1.40. The highest BCUT2D eigenvalue weighted by Gasteiger charge is 2.27. The first-order chi connectivity index (χ1) is 9.47. The molecule has 0 aromatic heterocycles. The normalized spacial score (nSPS) is 18.9. The minimum atomic E-state index is -0.924. The zero-order valence-electron chi connectivity index (χ0n) is 11.1. The lowest BCUT2D eigenvalue weighted by molar-refractivity contribution is -0.141. The monoisotopic (exact) mass is 297 g/mol. The topological polar surface area (TPSA) is 66.8 Å². The Balaban J connectivity index is 2.10. The molecule has 2 rings (SSSR count). The molecule has 1 fully saturated rings. The number of hydrogen-bond donors (Lipinski definition) is 1. The molecule has 0 aliphatic carbocycles. The fraction of sp³-hybridized carbons (Fsp3) is 0.429. The van der Waals surface area contributed by atoms with Crippen molar-refractivity contribution in [2.75, 3.05) is 19.7 Å². The molecule has 0 bridgehead atoms. The van der Waals surface area contributed by atoms with E-state index in [1.807, 2.05) is 6.92 Å². The molecule has 108 valence electrons. The standard InChI is InChI=1S/C14H16ClNO4/c1-9-6-10(15)2-3-12(9)14(19)16-4-5-20-11(8-16)7-13(17)18/h2-3,6,11H,4-5,7-8H2,1H3,(H,17,18). The molecule has 1 N–H and O–H groups in total. The number of rotatable bonds is 3. The average molecular weight is 298 g/mol. The maximum atomic E-state index is 12.4. The Hall–Kier alpha value is -1.59. The number of nitrogens with zero attached hydrogens (tertiary/aromatic N) is 1. The van der Waals surface area contributed by atoms with Gasteiger partial charge in [0.05, 0.1) is 19.1 Å². The molecular weight excluding hydrogens is 282 g/mol. The average Bonchev–Trinajstić information content (AvgIpc) is 2.37. The molecule has 0 spiro atoms. The van der Waals surface area contributed by atoms with E-state index < -0.39 is 12.1 Å². The van der Waals surface area contributed by atoms with Gasteiger partial charge in [-0.2, -0.15) is 0 Å². The van der Waals surface area contributed by atoms with Crippen LogP contribution in [0.25, 0.3) is 0 Å². The summed E-state index contributed by atoms with van der Waals surface area (Å²) in [7, 11) is 0. The van der Waals surface area contributed by atoms with Gasteiger partial charge in [-0.1, -0.05) is 11.6 Å². The molecule has 20 heavy (non-hydrogen) atoms. The number of hydrogen-bond acceptors (Lipinski definition) is 3. The van der Waals surface area contributed by atoms with E-state index in [0.717, 1.165) is 5.56 Å². The van der Waals surface area contributed by atoms with Gasteiger partial charge >= 0.3 is 5.97 Å². The zero-order chi connectivity index (χ0) is 14.7. The maximum absolute atomic E-state index is 12.4. The Morgan fingerprint density at radius 1 is 1.50 bits per heavy atom. The highest BCUT2D eigenvalue weighted by Crippen LogP contribution is 2.19. The summed E-state index contributed by atoms with van der Waals surface area (Å²) < 4.78 is 5.36. The molecule has 1 aliphatic rings. The van der Waals surface area contributed by atoms with E-state index in [4.69, 9.17) is 21.4 Å². The molecule has 1 aromatic rings. The summed E-state index contributed by atoms with van der Waals surface area (Å²) in [6, 6.07) is 5.11. The first-order valence-corrected chi connectivity index (χ1v) is 6.74. The van der Waals surface area contributed by atoms with Gasteiger partial charge in [-0.15, -0.1) is 0 Å². The predicted octanol–water partition coefficient (Wildman–Crippen LogP) is 1.96. The number of ether oxygens (including phenoxy) is 1. The largest absolute Gasteiger partial charge is 0.481 e. The highest BCUT2D eigenvalue weighted by molar-refractivity contribution is 6.30. The van der Waals surface area contributed by atoms with Gasteiger partial charge < -0.3 is 14.7 Å². The number of carbonyl (C=O) groups is 2. The van der Waals surface area contributed by atoms with Crippen LogP contribution in [-0.2, 0) is 9.53 Å². The van der Waals surface area contributed by atoms with E-state index in [0.29, 0.717) is 30.3 Å². The van der Waals surface area contributed by atoms with Crippen LogP contribution >= 0.6 is 11.6 Å². The molecule has 1 saturated heterocycles. The molecule has 1 amide bonds. The Labute approximate surface area is 122 Å². The highest BCUT2D eigenvalue weighted by atomic mass is 35.5. The van der Waals surface area contributed by atoms with Crippen molar-refractivity contribution in [1.29, 1.82) is 0 Å². The summed E-state index contributed by atoms with van der Waals surface area (Å²) in [6.45, 7) is 2.95. The number of carboxylic acid groups (broad SMARTS) is 1. The quantitative estimate of drug-likeness (QED) is 0.926. The second-order valence-electron chi connectivity index (χ2n) is 4.80. The number of benzene rings is 1. The molecule has 6 heteroatoms. The number of amides is 1. The van der Waals surface area contributed by atoms with Crippen molar-refractivity contribution in [3.63, 3.8) is 0 Å². The van der Waals surface area contributed by atoms with Gasteiger partial charge in [0.2, 0.25) is 0 Å². The van der Waals surface area contributed by atoms with Gasteiger partial charge in [0.1, 0.15) is 0 Å². The molecule has 0 saturated carbocycles. The van der Waals surface area contributed by atoms with Crippen molar-refractivity contribution in [1.82, 2.24) is 4.90 Å². The van der Waals surface area contributed by atoms with Crippen LogP contribution in [0.4, 0.5) is 0 Å². The number of carboxylic acids is 1. The number of morpholine rings is 1. The third kappa shape index (κ3) is 3.49. The summed E-state index contributed by atoms with van der Waals surface area (Å²) in [4.78, 5) is 24.8. The lowest BCUT2D eigenvalue weighted by atomic mass is 10.1. The molecule has 1 aromatic carbocycles. The predicted molar refractivity (Wildman–Crippen MR) is 74.1 cm³/mol. The van der Waals surface area contributed by atoms with Crippen molar-refractivity contribution in [3.8, 4) is 0 Å². The molecule has 1 aliphatic heterocycles. The van der Waals surface area contributed by atoms with E-state index in [-0.39, 0.29) is 12.3 Å². The first kappa shape index (κ1) is 14.8. The van der Waals surface area contributed by atoms with Crippen LogP contribution in [0.5, 0.6) is 0 Å². The Morgan fingerprint density at radius 2 is 2.25 bits per heavy atom. The zero-order valence-corrected chi connectivity index (χ0v) is 11.9. The molecule has 1 unspecified atom stereocenters. The van der Waals surface area contributed by atoms with Gasteiger partial charge in [-0.05, 0) is 30.7 Å². The fourth-order valence-corrected chi connectivity index (χ4v) is 2.49. The van der Waals surface area contributed by atoms with Crippen LogP contribution in [0.15, 0.2) is 18.2 Å². The number of aliphatic carboxylic acids is 1. The second-order valence-corrected chi connectivity index (χ2v) is 5.24. The van der Waals surface area contributed by atoms with Gasteiger partial charge in [-0.3, -0.25) is 9.59 Å². The van der Waals surface area contributed by atoms with E-state index in [2.05, 4.69) is 0 Å². The third-order valence-corrected chi connectivity index (χ3v) is 3.48. The molecule has 5 nitrogen and oxygen atoms in total. The molecular formula is C14H16ClNO4. The third-order valence-electron chi connectivity index (χ3n) is 3.25. The van der Waals surface area contributed by atoms with Crippen LogP contribution in [0.2, 0.25) is 5.02 Å². The van der Waals surface area contributed by atoms with Crippen molar-refractivity contribution >= 4 is 23.5 Å². The number of carbonyl (C=O) groups excluding carboxylic acids is 1. The first-order valence-electron chi connectivity index (χ1n) is 6.36. The summed E-state index contributed by atoms with van der Waals surface area (Å²) >= 11 is 5.88. The SMILES string of the molecule is Cc1cc(Cl)ccc1C(=O)N1CCOC(CC(=O)O)C1. The van der Waals surface area contributed by atoms with Gasteiger partial charge in [0, 0.05) is 23.7 Å². The Kier molecular flexibility index (Phi) is 4.62. The maximum Gasteiger partial charge on any atom is 0.306 e. The van der Waals surface area contributed by atoms with E-state index in [9.17, 15) is 9.59 Å². The number of halogens is 1. The molecule has 1 atom stereocenters. The van der Waals surface area contributed by atoms with E-state index in [1.165, 1.54) is 0 Å². The minimum absolute atomic E-state index is 0.0939. The molecule has 1 heterocycles. The summed E-state index contributed by atoms with van der Waals surface area (Å²) in [5, 5.41) is 9.37. The summed E-state index contributed by atoms with van der Waals surface area (Å²) in [6.07, 6.45) is -0.540. The van der Waals surface area contributed by atoms with Crippen LogP contribution in [0.3, 0.4) is 0 Å². The van der Waals surface area contributed by atoms with Gasteiger partial charge in [-0.25, -0.2) is 0 Å². The van der Waals surface area contributed by atoms with E-state index >= 15 is 0 Å². The van der Waals surface area contributed by atoms with Crippen molar-refractivity contribution in [2.45, 2.75) is 19.4 Å². The fourth-order valence-electron chi connectivity index (χ4n) is 2.26. The number of aryl methyl sites for hydroxylation is 1.